The molecule has 32 heavy (non-hydrogen) atoms. The van der Waals surface area contributed by atoms with Gasteiger partial charge >= 0.3 is 0 Å². The number of nitrogens with zero attached hydrogens (tertiary/aromatic N) is 5. The first kappa shape index (κ1) is 20.1. The fourth-order valence-electron chi connectivity index (χ4n) is 3.68. The molecule has 2 aromatic carbocycles. The van der Waals surface area contributed by atoms with Crippen LogP contribution in [0, 0.1) is 0 Å². The van der Waals surface area contributed by atoms with E-state index in [4.69, 9.17) is 0 Å². The molecule has 0 aliphatic carbocycles. The van der Waals surface area contributed by atoms with Crippen LogP contribution in [-0.4, -0.2) is 48.8 Å². The predicted molar refractivity (Wildman–Crippen MR) is 121 cm³/mol. The van der Waals surface area contributed by atoms with Crippen molar-refractivity contribution in [2.24, 2.45) is 0 Å². The zero-order chi connectivity index (χ0) is 21.9. The Bertz CT molecular complexity index is 1240. The molecule has 0 bridgehead atoms. The Morgan fingerprint density at radius 3 is 2.22 bits per heavy atom. The maximum atomic E-state index is 12.6. The Morgan fingerprint density at radius 1 is 0.812 bits per heavy atom. The van der Waals surface area contributed by atoms with E-state index < -0.39 is 0 Å². The van der Waals surface area contributed by atoms with Crippen molar-refractivity contribution in [3.05, 3.63) is 95.8 Å². The second kappa shape index (κ2) is 8.76. The lowest BCUT2D eigenvalue weighted by molar-refractivity contribution is 0.0664. The highest BCUT2D eigenvalue weighted by Crippen LogP contribution is 2.27. The van der Waals surface area contributed by atoms with Crippen molar-refractivity contribution in [3.63, 3.8) is 0 Å². The third-order valence-electron chi connectivity index (χ3n) is 5.24. The van der Waals surface area contributed by atoms with Gasteiger partial charge in [-0.1, -0.05) is 54.2 Å². The van der Waals surface area contributed by atoms with Gasteiger partial charge in [0.25, 0.3) is 11.8 Å². The van der Waals surface area contributed by atoms with Crippen molar-refractivity contribution in [3.8, 4) is 11.4 Å². The maximum absolute atomic E-state index is 12.6. The van der Waals surface area contributed by atoms with Crippen LogP contribution in [0.25, 0.3) is 11.4 Å². The first-order valence-electron chi connectivity index (χ1n) is 10.2. The van der Waals surface area contributed by atoms with Gasteiger partial charge in [0.1, 0.15) is 0 Å². The number of carbonyl (C=O) groups is 2. The molecule has 2 amide bonds. The number of imide groups is 1. The maximum Gasteiger partial charge on any atom is 0.261 e. The van der Waals surface area contributed by atoms with Gasteiger partial charge in [0.2, 0.25) is 0 Å². The summed E-state index contributed by atoms with van der Waals surface area (Å²) in [7, 11) is 0. The Balaban J connectivity index is 1.35. The van der Waals surface area contributed by atoms with Crippen molar-refractivity contribution >= 4 is 23.6 Å². The fourth-order valence-corrected chi connectivity index (χ4v) is 4.54. The number of amides is 2. The van der Waals surface area contributed by atoms with Gasteiger partial charge in [0.15, 0.2) is 11.0 Å². The topological polar surface area (TPSA) is 81.0 Å². The number of benzene rings is 2. The molecular formula is C24H19N5O2S. The second-order valence-corrected chi connectivity index (χ2v) is 8.34. The van der Waals surface area contributed by atoms with Crippen LogP contribution in [0.5, 0.6) is 0 Å². The average molecular weight is 442 g/mol. The van der Waals surface area contributed by atoms with Gasteiger partial charge < -0.3 is 0 Å². The zero-order valence-electron chi connectivity index (χ0n) is 17.1. The number of pyridine rings is 1. The predicted octanol–water partition coefficient (Wildman–Crippen LogP) is 3.78. The molecular weight excluding hydrogens is 422 g/mol. The molecule has 1 aliphatic rings. The highest BCUT2D eigenvalue weighted by Gasteiger charge is 2.34. The molecule has 3 heterocycles. The van der Waals surface area contributed by atoms with E-state index in [1.165, 1.54) is 16.7 Å². The van der Waals surface area contributed by atoms with Crippen LogP contribution in [0.4, 0.5) is 0 Å². The highest BCUT2D eigenvalue weighted by atomic mass is 32.2. The number of hydrogen-bond donors (Lipinski definition) is 0. The Kier molecular flexibility index (Phi) is 5.51. The minimum absolute atomic E-state index is 0.243. The van der Waals surface area contributed by atoms with E-state index in [1.54, 1.807) is 36.7 Å². The Hall–Kier alpha value is -3.78. The summed E-state index contributed by atoms with van der Waals surface area (Å²) in [5.41, 5.74) is 2.94. The van der Waals surface area contributed by atoms with E-state index >= 15 is 0 Å². The molecule has 0 unspecified atom stereocenters. The number of hydrogen-bond acceptors (Lipinski definition) is 6. The van der Waals surface area contributed by atoms with Gasteiger partial charge in [-0.3, -0.25) is 24.0 Å². The van der Waals surface area contributed by atoms with Crippen LogP contribution in [0.1, 0.15) is 26.3 Å². The van der Waals surface area contributed by atoms with Crippen molar-refractivity contribution in [2.75, 3.05) is 12.3 Å². The number of fused-ring (bicyclic) bond motifs is 1. The van der Waals surface area contributed by atoms with E-state index in [1.807, 2.05) is 34.9 Å². The highest BCUT2D eigenvalue weighted by molar-refractivity contribution is 7.99. The molecule has 8 heteroatoms. The summed E-state index contributed by atoms with van der Waals surface area (Å²) in [5, 5.41) is 9.52. The third kappa shape index (κ3) is 3.80. The van der Waals surface area contributed by atoms with Crippen molar-refractivity contribution in [1.29, 1.82) is 0 Å². The van der Waals surface area contributed by atoms with E-state index in [0.717, 1.165) is 22.1 Å². The molecule has 0 N–H and O–H groups in total. The monoisotopic (exact) mass is 441 g/mol. The molecule has 4 aromatic rings. The largest absolute Gasteiger partial charge is 0.298 e. The number of carbonyl (C=O) groups excluding carboxylic acids is 2. The lowest BCUT2D eigenvalue weighted by Gasteiger charge is -2.14. The molecule has 0 atom stereocenters. The lowest BCUT2D eigenvalue weighted by atomic mass is 10.1. The van der Waals surface area contributed by atoms with Crippen molar-refractivity contribution in [2.45, 2.75) is 11.7 Å². The van der Waals surface area contributed by atoms with E-state index in [-0.39, 0.29) is 11.8 Å². The number of thioether (sulfide) groups is 1. The van der Waals surface area contributed by atoms with Crippen molar-refractivity contribution < 1.29 is 9.59 Å². The van der Waals surface area contributed by atoms with Gasteiger partial charge in [0, 0.05) is 30.3 Å². The zero-order valence-corrected chi connectivity index (χ0v) is 17.9. The summed E-state index contributed by atoms with van der Waals surface area (Å²) in [5.74, 6) is 0.761. The van der Waals surface area contributed by atoms with E-state index in [0.29, 0.717) is 30.0 Å². The molecule has 0 radical (unpaired) electrons. The molecule has 158 valence electrons. The molecule has 5 rings (SSSR count). The minimum atomic E-state index is -0.243. The van der Waals surface area contributed by atoms with E-state index in [2.05, 4.69) is 27.3 Å². The molecule has 0 spiro atoms. The Morgan fingerprint density at radius 2 is 1.53 bits per heavy atom. The number of rotatable bonds is 7. The molecule has 1 aliphatic heterocycles. The van der Waals surface area contributed by atoms with Gasteiger partial charge in [-0.15, -0.1) is 10.2 Å². The summed E-state index contributed by atoms with van der Waals surface area (Å²) in [6.07, 6.45) is 3.48. The standard InChI is InChI=1S/C24H19N5O2S/c30-22-19-10-4-5-11-20(19)23(31)28(22)13-14-32-24-27-26-21(18-9-6-12-25-15-18)29(24)16-17-7-2-1-3-8-17/h1-12,15H,13-14,16H2. The first-order valence-corrected chi connectivity index (χ1v) is 11.2. The summed E-state index contributed by atoms with van der Waals surface area (Å²) < 4.78 is 2.04. The Labute approximate surface area is 189 Å². The summed E-state index contributed by atoms with van der Waals surface area (Å²) >= 11 is 1.47. The summed E-state index contributed by atoms with van der Waals surface area (Å²) in [4.78, 5) is 30.7. The average Bonchev–Trinajstić information content (AvgIpc) is 3.34. The van der Waals surface area contributed by atoms with Crippen LogP contribution >= 0.6 is 11.8 Å². The third-order valence-corrected chi connectivity index (χ3v) is 6.19. The summed E-state index contributed by atoms with van der Waals surface area (Å²) in [6.45, 7) is 0.908. The normalized spacial score (nSPS) is 12.9. The van der Waals surface area contributed by atoms with Gasteiger partial charge in [0.05, 0.1) is 17.7 Å². The van der Waals surface area contributed by atoms with Crippen LogP contribution in [0.3, 0.4) is 0 Å². The molecule has 0 fully saturated rings. The lowest BCUT2D eigenvalue weighted by Crippen LogP contribution is -2.31. The SMILES string of the molecule is O=C1c2ccccc2C(=O)N1CCSc1nnc(-c2cccnc2)n1Cc1ccccc1. The van der Waals surface area contributed by atoms with Gasteiger partial charge in [-0.25, -0.2) is 0 Å². The van der Waals surface area contributed by atoms with Crippen molar-refractivity contribution in [1.82, 2.24) is 24.6 Å². The molecule has 7 nitrogen and oxygen atoms in total. The van der Waals surface area contributed by atoms with Crippen LogP contribution < -0.4 is 0 Å². The molecule has 0 saturated heterocycles. The first-order chi connectivity index (χ1) is 15.7. The van der Waals surface area contributed by atoms with Crippen LogP contribution in [-0.2, 0) is 6.54 Å². The minimum Gasteiger partial charge on any atom is -0.298 e. The van der Waals surface area contributed by atoms with E-state index in [9.17, 15) is 9.59 Å². The van der Waals surface area contributed by atoms with Gasteiger partial charge in [-0.05, 0) is 29.8 Å². The fraction of sp³-hybridized carbons (Fsp3) is 0.125. The quantitative estimate of drug-likeness (QED) is 0.321. The molecule has 0 saturated carbocycles. The van der Waals surface area contributed by atoms with Crippen LogP contribution in [0.2, 0.25) is 0 Å². The van der Waals surface area contributed by atoms with Gasteiger partial charge in [-0.2, -0.15) is 0 Å². The molecule has 2 aromatic heterocycles. The smallest absolute Gasteiger partial charge is 0.261 e. The summed E-state index contributed by atoms with van der Waals surface area (Å²) in [6, 6.07) is 20.8. The number of aromatic nitrogens is 4. The second-order valence-electron chi connectivity index (χ2n) is 7.28. The van der Waals surface area contributed by atoms with Crippen LogP contribution in [0.15, 0.2) is 84.3 Å².